The number of hydrogen-bond acceptors (Lipinski definition) is 6. The van der Waals surface area contributed by atoms with E-state index in [0.717, 1.165) is 5.56 Å². The molecule has 1 aromatic heterocycles. The van der Waals surface area contributed by atoms with Gasteiger partial charge in [-0.2, -0.15) is 23.5 Å². The van der Waals surface area contributed by atoms with Gasteiger partial charge in [-0.3, -0.25) is 4.68 Å². The summed E-state index contributed by atoms with van der Waals surface area (Å²) in [5.74, 6) is -0.0577. The van der Waals surface area contributed by atoms with Crippen LogP contribution in [0.25, 0.3) is 11.3 Å². The van der Waals surface area contributed by atoms with Crippen molar-refractivity contribution in [3.8, 4) is 6.07 Å². The van der Waals surface area contributed by atoms with E-state index in [4.69, 9.17) is 16.3 Å². The van der Waals surface area contributed by atoms with Crippen molar-refractivity contribution in [1.29, 1.82) is 5.26 Å². The van der Waals surface area contributed by atoms with Crippen LogP contribution in [0.1, 0.15) is 43.3 Å². The zero-order chi connectivity index (χ0) is 25.0. The van der Waals surface area contributed by atoms with Crippen molar-refractivity contribution in [2.75, 3.05) is 13.4 Å². The second-order valence-electron chi connectivity index (χ2n) is 8.08. The highest BCUT2D eigenvalue weighted by molar-refractivity contribution is 6.33. The van der Waals surface area contributed by atoms with Crippen LogP contribution in [-0.4, -0.2) is 35.5 Å². The second-order valence-corrected chi connectivity index (χ2v) is 8.45. The van der Waals surface area contributed by atoms with Gasteiger partial charge in [0, 0.05) is 7.05 Å². The van der Waals surface area contributed by atoms with E-state index in [1.165, 1.54) is 4.68 Å². The van der Waals surface area contributed by atoms with Gasteiger partial charge in [-0.25, -0.2) is 4.79 Å². The van der Waals surface area contributed by atoms with Crippen LogP contribution in [0.3, 0.4) is 0 Å². The number of aromatic nitrogens is 2. The van der Waals surface area contributed by atoms with E-state index >= 15 is 0 Å². The van der Waals surface area contributed by atoms with Crippen LogP contribution in [0.15, 0.2) is 24.3 Å². The van der Waals surface area contributed by atoms with Crippen LogP contribution < -0.4 is 0 Å². The van der Waals surface area contributed by atoms with Crippen molar-refractivity contribution in [3.05, 3.63) is 51.8 Å². The lowest BCUT2D eigenvalue weighted by Gasteiger charge is -2.19. The molecule has 0 amide bonds. The zero-order valence-corrected chi connectivity index (χ0v) is 19.5. The highest BCUT2D eigenvalue weighted by Gasteiger charge is 2.30. The summed E-state index contributed by atoms with van der Waals surface area (Å²) >= 11 is 6.36. The molecule has 33 heavy (non-hydrogen) atoms. The molecule has 0 unspecified atom stereocenters. The molecule has 0 saturated heterocycles. The van der Waals surface area contributed by atoms with Gasteiger partial charge >= 0.3 is 12.3 Å². The number of benzene rings is 1. The Hall–Kier alpha value is -3.19. The summed E-state index contributed by atoms with van der Waals surface area (Å²) in [6.07, 6.45) is -6.27. The van der Waals surface area contributed by atoms with E-state index in [2.05, 4.69) is 20.6 Å². The molecule has 178 valence electrons. The fraction of sp³-hybridized carbons (Fsp3) is 0.409. The lowest BCUT2D eigenvalue weighted by atomic mass is 9.86. The summed E-state index contributed by atoms with van der Waals surface area (Å²) in [5, 5.41) is 14.3. The van der Waals surface area contributed by atoms with Crippen molar-refractivity contribution in [1.82, 2.24) is 9.78 Å². The first-order valence-corrected chi connectivity index (χ1v) is 10.1. The van der Waals surface area contributed by atoms with Crippen LogP contribution in [0.4, 0.5) is 18.0 Å². The maximum Gasteiger partial charge on any atom is 0.511 e. The highest BCUT2D eigenvalue weighted by Crippen LogP contribution is 2.34. The number of rotatable bonds is 6. The van der Waals surface area contributed by atoms with Gasteiger partial charge in [0.1, 0.15) is 17.3 Å². The highest BCUT2D eigenvalue weighted by atomic mass is 35.5. The van der Waals surface area contributed by atoms with E-state index < -0.39 is 25.7 Å². The molecule has 0 radical (unpaired) electrons. The van der Waals surface area contributed by atoms with Crippen LogP contribution in [0.2, 0.25) is 5.02 Å². The van der Waals surface area contributed by atoms with Gasteiger partial charge in [0.15, 0.2) is 12.4 Å². The van der Waals surface area contributed by atoms with Crippen molar-refractivity contribution < 1.29 is 32.2 Å². The van der Waals surface area contributed by atoms with E-state index in [1.54, 1.807) is 26.1 Å². The molecule has 0 aliphatic carbocycles. The van der Waals surface area contributed by atoms with Gasteiger partial charge in [0.2, 0.25) is 6.79 Å². The quantitative estimate of drug-likeness (QED) is 0.224. The van der Waals surface area contributed by atoms with Crippen LogP contribution in [0.5, 0.6) is 0 Å². The average Bonchev–Trinajstić information content (AvgIpc) is 2.96. The fourth-order valence-corrected chi connectivity index (χ4v) is 3.09. The normalized spacial score (nSPS) is 12.6. The number of ether oxygens (including phenoxy) is 3. The van der Waals surface area contributed by atoms with Crippen LogP contribution >= 0.6 is 11.6 Å². The molecule has 0 atom stereocenters. The number of carbonyl (C=O) groups excluding carboxylic acids is 1. The lowest BCUT2D eigenvalue weighted by Crippen LogP contribution is -2.21. The molecule has 1 aromatic carbocycles. The van der Waals surface area contributed by atoms with Crippen molar-refractivity contribution in [3.63, 3.8) is 0 Å². The number of allylic oxidation sites excluding steroid dienone is 1. The lowest BCUT2D eigenvalue weighted by molar-refractivity contribution is -0.167. The fourth-order valence-electron chi connectivity index (χ4n) is 2.84. The molecule has 2 aromatic rings. The second kappa shape index (κ2) is 10.2. The number of alkyl halides is 3. The summed E-state index contributed by atoms with van der Waals surface area (Å²) in [6, 6.07) is 9.26. The minimum absolute atomic E-state index is 0.0577. The molecule has 0 bridgehead atoms. The molecule has 0 aliphatic rings. The summed E-state index contributed by atoms with van der Waals surface area (Å²) in [7, 11) is 1.58. The Morgan fingerprint density at radius 1 is 1.15 bits per heavy atom. The van der Waals surface area contributed by atoms with Gasteiger partial charge in [-0.05, 0) is 23.5 Å². The van der Waals surface area contributed by atoms with Gasteiger partial charge in [-0.15, -0.1) is 0 Å². The zero-order valence-electron chi connectivity index (χ0n) is 18.7. The molecule has 2 rings (SSSR count). The first-order valence-electron chi connectivity index (χ1n) is 9.68. The predicted octanol–water partition coefficient (Wildman–Crippen LogP) is 5.76. The summed E-state index contributed by atoms with van der Waals surface area (Å²) < 4.78 is 52.0. The number of carbonyl (C=O) groups is 1. The first-order chi connectivity index (χ1) is 15.2. The third-order valence-electron chi connectivity index (χ3n) is 4.48. The van der Waals surface area contributed by atoms with E-state index in [-0.39, 0.29) is 27.5 Å². The monoisotopic (exact) mass is 485 g/mol. The molecule has 11 heteroatoms. The van der Waals surface area contributed by atoms with Crippen molar-refractivity contribution in [2.45, 2.75) is 39.3 Å². The summed E-state index contributed by atoms with van der Waals surface area (Å²) in [5.41, 5.74) is 2.18. The van der Waals surface area contributed by atoms with Gasteiger partial charge in [-0.1, -0.05) is 56.6 Å². The van der Waals surface area contributed by atoms with E-state index in [1.807, 2.05) is 32.9 Å². The van der Waals surface area contributed by atoms with E-state index in [0.29, 0.717) is 11.3 Å². The number of hydrogen-bond donors (Lipinski definition) is 0. The van der Waals surface area contributed by atoms with Crippen molar-refractivity contribution in [2.24, 2.45) is 7.05 Å². The smallest absolute Gasteiger partial charge is 0.453 e. The largest absolute Gasteiger partial charge is 0.511 e. The molecule has 7 nitrogen and oxygen atoms in total. The minimum Gasteiger partial charge on any atom is -0.453 e. The van der Waals surface area contributed by atoms with Gasteiger partial charge < -0.3 is 14.2 Å². The van der Waals surface area contributed by atoms with E-state index in [9.17, 15) is 23.2 Å². The maximum atomic E-state index is 12.2. The molecular weight excluding hydrogens is 463 g/mol. The molecule has 1 heterocycles. The Morgan fingerprint density at radius 3 is 2.21 bits per heavy atom. The average molecular weight is 486 g/mol. The third-order valence-corrected chi connectivity index (χ3v) is 4.93. The topological polar surface area (TPSA) is 86.4 Å². The number of aryl methyl sites for hydroxylation is 2. The molecule has 0 fully saturated rings. The Balaban J connectivity index is 2.40. The Morgan fingerprint density at radius 2 is 1.76 bits per heavy atom. The number of halogens is 4. The number of nitriles is 1. The molecular formula is C22H23ClF3N3O4. The van der Waals surface area contributed by atoms with Gasteiger partial charge in [0.25, 0.3) is 0 Å². The Bertz CT molecular complexity index is 1080. The van der Waals surface area contributed by atoms with Crippen LogP contribution in [-0.2, 0) is 26.7 Å². The molecule has 0 spiro atoms. The minimum atomic E-state index is -4.70. The molecule has 0 N–H and O–H groups in total. The first kappa shape index (κ1) is 26.1. The van der Waals surface area contributed by atoms with Crippen LogP contribution in [0, 0.1) is 18.3 Å². The number of nitrogens with zero attached hydrogens (tertiary/aromatic N) is 3. The third kappa shape index (κ3) is 6.89. The van der Waals surface area contributed by atoms with Crippen molar-refractivity contribution >= 4 is 29.1 Å². The maximum absolute atomic E-state index is 12.2. The standard InChI is InChI=1S/C22H23ClF3N3O4/c1-13-17(23)18(29(5)28-13)19(32-12-33-20(30)31-11-22(24,25)26)16(10-27)14-6-8-15(9-7-14)21(2,3)4/h6-9H,11-12H2,1-5H3/b19-16-. The van der Waals surface area contributed by atoms with Gasteiger partial charge in [0.05, 0.1) is 10.7 Å². The molecule has 0 aliphatic heterocycles. The Labute approximate surface area is 194 Å². The summed E-state index contributed by atoms with van der Waals surface area (Å²) in [6.45, 7) is 5.17. The Kier molecular flexibility index (Phi) is 8.03. The SMILES string of the molecule is Cc1nn(C)c(/C(OCOC(=O)OCC(F)(F)F)=C(\C#N)c2ccc(C(C)(C)C)cc2)c1Cl. The molecule has 0 saturated carbocycles. The summed E-state index contributed by atoms with van der Waals surface area (Å²) in [4.78, 5) is 11.4. The predicted molar refractivity (Wildman–Crippen MR) is 115 cm³/mol.